The van der Waals surface area contributed by atoms with E-state index < -0.39 is 0 Å². The molecule has 1 unspecified atom stereocenters. The fraction of sp³-hybridized carbons (Fsp3) is 0.391. The van der Waals surface area contributed by atoms with Crippen molar-refractivity contribution in [3.8, 4) is 5.75 Å². The molecule has 2 aromatic carbocycles. The minimum Gasteiger partial charge on any atom is -0.494 e. The van der Waals surface area contributed by atoms with E-state index in [1.54, 1.807) is 48.5 Å². The Bertz CT molecular complexity index is 785. The van der Waals surface area contributed by atoms with Crippen LogP contribution < -0.4 is 15.4 Å². The molecule has 0 saturated carbocycles. The maximum absolute atomic E-state index is 12.5. The summed E-state index contributed by atoms with van der Waals surface area (Å²) in [6.45, 7) is 8.94. The summed E-state index contributed by atoms with van der Waals surface area (Å²) in [7, 11) is 0. The predicted molar refractivity (Wildman–Crippen MR) is 113 cm³/mol. The number of amides is 2. The van der Waals surface area contributed by atoms with Crippen LogP contribution in [0.4, 0.5) is 5.69 Å². The highest BCUT2D eigenvalue weighted by Crippen LogP contribution is 2.16. The molecule has 1 atom stereocenters. The zero-order valence-electron chi connectivity index (χ0n) is 17.1. The van der Waals surface area contributed by atoms with Gasteiger partial charge in [0.2, 0.25) is 0 Å². The summed E-state index contributed by atoms with van der Waals surface area (Å²) in [5.74, 6) is 0.968. The van der Waals surface area contributed by atoms with E-state index >= 15 is 0 Å². The molecular weight excluding hydrogens is 352 g/mol. The maximum atomic E-state index is 12.5. The number of ether oxygens (including phenoxy) is 1. The molecule has 2 N–H and O–H groups in total. The molecule has 150 valence electrons. The van der Waals surface area contributed by atoms with Gasteiger partial charge in [0.25, 0.3) is 11.8 Å². The maximum Gasteiger partial charge on any atom is 0.255 e. The van der Waals surface area contributed by atoms with Gasteiger partial charge in [-0.15, -0.1) is 0 Å². The van der Waals surface area contributed by atoms with Crippen molar-refractivity contribution < 1.29 is 14.3 Å². The number of benzene rings is 2. The molecule has 0 radical (unpaired) electrons. The van der Waals surface area contributed by atoms with Gasteiger partial charge in [0.05, 0.1) is 6.61 Å². The van der Waals surface area contributed by atoms with Crippen LogP contribution in [0.3, 0.4) is 0 Å². The lowest BCUT2D eigenvalue weighted by molar-refractivity contribution is 0.0938. The second-order valence-corrected chi connectivity index (χ2v) is 7.37. The molecule has 0 aromatic heterocycles. The van der Waals surface area contributed by atoms with Crippen LogP contribution in [0.5, 0.6) is 5.75 Å². The van der Waals surface area contributed by atoms with Gasteiger partial charge in [0.15, 0.2) is 0 Å². The summed E-state index contributed by atoms with van der Waals surface area (Å²) >= 11 is 0. The highest BCUT2D eigenvalue weighted by Gasteiger charge is 2.11. The van der Waals surface area contributed by atoms with Crippen LogP contribution in [0.1, 0.15) is 61.3 Å². The number of hydrogen-bond donors (Lipinski definition) is 2. The number of nitrogens with one attached hydrogen (secondary N) is 2. The Balaban J connectivity index is 1.97. The Morgan fingerprint density at radius 1 is 0.964 bits per heavy atom. The minimum absolute atomic E-state index is 0.104. The highest BCUT2D eigenvalue weighted by molar-refractivity contribution is 6.05. The fourth-order valence-corrected chi connectivity index (χ4v) is 2.47. The molecule has 2 aromatic rings. The molecule has 28 heavy (non-hydrogen) atoms. The topological polar surface area (TPSA) is 67.4 Å². The summed E-state index contributed by atoms with van der Waals surface area (Å²) in [6, 6.07) is 14.1. The number of carbonyl (C=O) groups excluding carboxylic acids is 2. The Labute approximate surface area is 167 Å². The number of rotatable bonds is 9. The van der Waals surface area contributed by atoms with Crippen molar-refractivity contribution in [3.05, 3.63) is 59.7 Å². The van der Waals surface area contributed by atoms with E-state index in [2.05, 4.69) is 24.5 Å². The second-order valence-electron chi connectivity index (χ2n) is 7.37. The first-order valence-electron chi connectivity index (χ1n) is 9.84. The molecule has 0 saturated heterocycles. The Morgan fingerprint density at radius 2 is 1.68 bits per heavy atom. The molecule has 0 bridgehead atoms. The van der Waals surface area contributed by atoms with Gasteiger partial charge in [0, 0.05) is 22.9 Å². The molecule has 5 nitrogen and oxygen atoms in total. The highest BCUT2D eigenvalue weighted by atomic mass is 16.5. The minimum atomic E-state index is -0.229. The van der Waals surface area contributed by atoms with Crippen LogP contribution >= 0.6 is 0 Å². The quantitative estimate of drug-likeness (QED) is 0.649. The standard InChI is InChI=1S/C23H30N2O3/c1-5-17(4)24-23(27)19-7-6-8-20(15-19)25-22(26)18-9-11-21(12-10-18)28-14-13-16(2)3/h6-12,15-17H,5,13-14H2,1-4H3,(H,24,27)(H,25,26). The van der Waals surface area contributed by atoms with Crippen molar-refractivity contribution in [2.45, 2.75) is 46.6 Å². The molecule has 5 heteroatoms. The molecule has 0 fully saturated rings. The van der Waals surface area contributed by atoms with E-state index in [0.717, 1.165) is 18.6 Å². The second kappa shape index (κ2) is 10.5. The summed E-state index contributed by atoms with van der Waals surface area (Å²) in [5, 5.41) is 5.76. The van der Waals surface area contributed by atoms with E-state index in [9.17, 15) is 9.59 Å². The van der Waals surface area contributed by atoms with Crippen molar-refractivity contribution in [2.75, 3.05) is 11.9 Å². The monoisotopic (exact) mass is 382 g/mol. The van der Waals surface area contributed by atoms with Gasteiger partial charge < -0.3 is 15.4 Å². The van der Waals surface area contributed by atoms with Crippen LogP contribution in [0, 0.1) is 5.92 Å². The first-order valence-corrected chi connectivity index (χ1v) is 9.84. The average molecular weight is 383 g/mol. The zero-order valence-corrected chi connectivity index (χ0v) is 17.1. The van der Waals surface area contributed by atoms with Crippen molar-refractivity contribution in [2.24, 2.45) is 5.92 Å². The lowest BCUT2D eigenvalue weighted by Gasteiger charge is -2.12. The predicted octanol–water partition coefficient (Wildman–Crippen LogP) is 4.89. The third kappa shape index (κ3) is 6.72. The summed E-state index contributed by atoms with van der Waals surface area (Å²) in [6.07, 6.45) is 1.85. The van der Waals surface area contributed by atoms with Gasteiger partial charge in [-0.2, -0.15) is 0 Å². The van der Waals surface area contributed by atoms with Gasteiger partial charge in [-0.05, 0) is 68.1 Å². The van der Waals surface area contributed by atoms with E-state index in [1.807, 2.05) is 13.8 Å². The molecule has 2 rings (SSSR count). The number of anilines is 1. The molecule has 0 heterocycles. The molecule has 0 aliphatic carbocycles. The molecule has 0 aliphatic rings. The van der Waals surface area contributed by atoms with E-state index in [1.165, 1.54) is 0 Å². The largest absolute Gasteiger partial charge is 0.494 e. The van der Waals surface area contributed by atoms with Crippen LogP contribution in [-0.2, 0) is 0 Å². The first-order chi connectivity index (χ1) is 13.4. The normalized spacial score (nSPS) is 11.8. The molecule has 0 aliphatic heterocycles. The van der Waals surface area contributed by atoms with E-state index in [0.29, 0.717) is 29.3 Å². The van der Waals surface area contributed by atoms with Gasteiger partial charge in [0.1, 0.15) is 5.75 Å². The molecule has 0 spiro atoms. The smallest absolute Gasteiger partial charge is 0.255 e. The lowest BCUT2D eigenvalue weighted by Crippen LogP contribution is -2.31. The van der Waals surface area contributed by atoms with Crippen molar-refractivity contribution >= 4 is 17.5 Å². The third-order valence-corrected chi connectivity index (χ3v) is 4.45. The first kappa shape index (κ1) is 21.5. The average Bonchev–Trinajstić information content (AvgIpc) is 2.68. The van der Waals surface area contributed by atoms with Crippen molar-refractivity contribution in [3.63, 3.8) is 0 Å². The van der Waals surface area contributed by atoms with Gasteiger partial charge in [-0.1, -0.05) is 26.8 Å². The lowest BCUT2D eigenvalue weighted by atomic mass is 10.1. The zero-order chi connectivity index (χ0) is 20.5. The van der Waals surface area contributed by atoms with Crippen LogP contribution in [-0.4, -0.2) is 24.5 Å². The number of carbonyl (C=O) groups is 2. The van der Waals surface area contributed by atoms with Crippen molar-refractivity contribution in [1.29, 1.82) is 0 Å². The summed E-state index contributed by atoms with van der Waals surface area (Å²) in [4.78, 5) is 24.7. The fourth-order valence-electron chi connectivity index (χ4n) is 2.47. The Hall–Kier alpha value is -2.82. The summed E-state index contributed by atoms with van der Waals surface area (Å²) in [5.41, 5.74) is 1.64. The van der Waals surface area contributed by atoms with Crippen LogP contribution in [0.25, 0.3) is 0 Å². The van der Waals surface area contributed by atoms with Gasteiger partial charge in [-0.3, -0.25) is 9.59 Å². The van der Waals surface area contributed by atoms with Crippen molar-refractivity contribution in [1.82, 2.24) is 5.32 Å². The summed E-state index contributed by atoms with van der Waals surface area (Å²) < 4.78 is 5.68. The third-order valence-electron chi connectivity index (χ3n) is 4.45. The Morgan fingerprint density at radius 3 is 2.32 bits per heavy atom. The van der Waals surface area contributed by atoms with E-state index in [4.69, 9.17) is 4.74 Å². The van der Waals surface area contributed by atoms with Gasteiger partial charge >= 0.3 is 0 Å². The van der Waals surface area contributed by atoms with Crippen LogP contribution in [0.15, 0.2) is 48.5 Å². The van der Waals surface area contributed by atoms with E-state index in [-0.39, 0.29) is 17.9 Å². The molecular formula is C23H30N2O3. The van der Waals surface area contributed by atoms with Crippen LogP contribution in [0.2, 0.25) is 0 Å². The Kier molecular flexibility index (Phi) is 8.05. The number of hydrogen-bond acceptors (Lipinski definition) is 3. The molecule has 2 amide bonds. The van der Waals surface area contributed by atoms with Gasteiger partial charge in [-0.25, -0.2) is 0 Å². The SMILES string of the molecule is CCC(C)NC(=O)c1cccc(NC(=O)c2ccc(OCCC(C)C)cc2)c1.